The van der Waals surface area contributed by atoms with Crippen LogP contribution in [0.25, 0.3) is 16.7 Å². The van der Waals surface area contributed by atoms with Gasteiger partial charge < -0.3 is 9.64 Å². The molecule has 1 N–H and O–H groups in total. The van der Waals surface area contributed by atoms with Crippen LogP contribution in [0.15, 0.2) is 53.9 Å². The molecule has 10 nitrogen and oxygen atoms in total. The third-order valence-electron chi connectivity index (χ3n) is 5.38. The monoisotopic (exact) mass is 439 g/mol. The van der Waals surface area contributed by atoms with Gasteiger partial charge in [0.15, 0.2) is 5.82 Å². The van der Waals surface area contributed by atoms with Crippen molar-refractivity contribution in [3.05, 3.63) is 49.1 Å². The van der Waals surface area contributed by atoms with Crippen LogP contribution in [0.3, 0.4) is 0 Å². The molecule has 0 atom stereocenters. The zero-order chi connectivity index (χ0) is 21.6. The Morgan fingerprint density at radius 1 is 1.13 bits per heavy atom. The fourth-order valence-electron chi connectivity index (χ4n) is 3.58. The van der Waals surface area contributed by atoms with Gasteiger partial charge in [-0.25, -0.2) is 18.1 Å². The van der Waals surface area contributed by atoms with Crippen LogP contribution in [0.1, 0.15) is 6.42 Å². The molecular formula is C20H21N7O3S. The molecule has 11 heteroatoms. The largest absolute Gasteiger partial charge is 0.494 e. The van der Waals surface area contributed by atoms with E-state index < -0.39 is 10.0 Å². The molecule has 3 aromatic heterocycles. The number of methoxy groups -OCH3 is 1. The van der Waals surface area contributed by atoms with Crippen LogP contribution >= 0.6 is 0 Å². The maximum atomic E-state index is 13.1. The number of nitrogens with one attached hydrogen (secondary N) is 1. The van der Waals surface area contributed by atoms with E-state index >= 15 is 0 Å². The number of hydrogen-bond acceptors (Lipinski definition) is 7. The van der Waals surface area contributed by atoms with E-state index in [-0.39, 0.29) is 4.90 Å². The molecule has 1 fully saturated rings. The zero-order valence-corrected chi connectivity index (χ0v) is 17.9. The van der Waals surface area contributed by atoms with Crippen LogP contribution in [0.5, 0.6) is 5.75 Å². The Kier molecular flexibility index (Phi) is 4.54. The minimum atomic E-state index is -3.93. The molecule has 160 valence electrons. The van der Waals surface area contributed by atoms with E-state index in [9.17, 15) is 8.42 Å². The number of benzene rings is 1. The highest BCUT2D eigenvalue weighted by Gasteiger charge is 2.23. The van der Waals surface area contributed by atoms with Gasteiger partial charge in [0.2, 0.25) is 0 Å². The van der Waals surface area contributed by atoms with E-state index in [0.29, 0.717) is 22.8 Å². The normalized spacial score (nSPS) is 13.9. The summed E-state index contributed by atoms with van der Waals surface area (Å²) in [5.74, 6) is 0.952. The van der Waals surface area contributed by atoms with Gasteiger partial charge in [-0.3, -0.25) is 9.40 Å². The maximum absolute atomic E-state index is 13.1. The number of aromatic nitrogens is 5. The quantitative estimate of drug-likeness (QED) is 0.491. The third-order valence-corrected chi connectivity index (χ3v) is 6.68. The van der Waals surface area contributed by atoms with Gasteiger partial charge in [-0.05, 0) is 24.6 Å². The van der Waals surface area contributed by atoms with E-state index in [1.165, 1.54) is 30.6 Å². The van der Waals surface area contributed by atoms with Crippen LogP contribution < -0.4 is 14.4 Å². The molecule has 0 spiro atoms. The first kappa shape index (κ1) is 19.4. The Labute approximate surface area is 179 Å². The van der Waals surface area contributed by atoms with Crippen molar-refractivity contribution in [2.24, 2.45) is 7.05 Å². The average molecular weight is 440 g/mol. The third kappa shape index (κ3) is 3.36. The molecule has 4 aromatic rings. The standard InChI is InChI=1S/C20H21N7O3S/c1-25-20-14(11-22-25)4-5-17(30-2)19(20)24-31(28,29)16-12-23-27(13-16)18-10-15(6-7-21-18)26-8-3-9-26/h4-7,10-13,24H,3,8-9H2,1-2H3. The SMILES string of the molecule is COc1ccc2cnn(C)c2c1NS(=O)(=O)c1cnn(-c2cc(N3CCC3)ccn2)c1. The molecule has 0 amide bonds. The first-order valence-electron chi connectivity index (χ1n) is 9.74. The molecule has 31 heavy (non-hydrogen) atoms. The molecule has 1 saturated heterocycles. The average Bonchev–Trinajstić information content (AvgIpc) is 3.35. The summed E-state index contributed by atoms with van der Waals surface area (Å²) in [7, 11) is -0.697. The Hall–Kier alpha value is -3.60. The number of hydrogen-bond donors (Lipinski definition) is 1. The summed E-state index contributed by atoms with van der Waals surface area (Å²) in [4.78, 5) is 6.58. The van der Waals surface area contributed by atoms with E-state index in [1.54, 1.807) is 30.2 Å². The number of nitrogens with zero attached hydrogens (tertiary/aromatic N) is 6. The van der Waals surface area contributed by atoms with Crippen molar-refractivity contribution >= 4 is 32.3 Å². The summed E-state index contributed by atoms with van der Waals surface area (Å²) < 4.78 is 37.4. The lowest BCUT2D eigenvalue weighted by Crippen LogP contribution is -2.37. The molecule has 5 rings (SSSR count). The van der Waals surface area contributed by atoms with Crippen molar-refractivity contribution < 1.29 is 13.2 Å². The summed E-state index contributed by atoms with van der Waals surface area (Å²) in [6.07, 6.45) is 7.28. The van der Waals surface area contributed by atoms with Gasteiger partial charge in [0.25, 0.3) is 10.0 Å². The Morgan fingerprint density at radius 2 is 1.97 bits per heavy atom. The predicted molar refractivity (Wildman–Crippen MR) is 116 cm³/mol. The maximum Gasteiger partial charge on any atom is 0.265 e. The highest BCUT2D eigenvalue weighted by molar-refractivity contribution is 7.92. The zero-order valence-electron chi connectivity index (χ0n) is 17.1. The van der Waals surface area contributed by atoms with Crippen LogP contribution in [0.4, 0.5) is 11.4 Å². The first-order chi connectivity index (χ1) is 15.0. The fourth-order valence-corrected chi connectivity index (χ4v) is 4.59. The number of fused-ring (bicyclic) bond motifs is 1. The number of rotatable bonds is 6. The van der Waals surface area contributed by atoms with Gasteiger partial charge in [0.05, 0.1) is 31.2 Å². The second kappa shape index (κ2) is 7.27. The van der Waals surface area contributed by atoms with Gasteiger partial charge in [0.1, 0.15) is 16.3 Å². The van der Waals surface area contributed by atoms with Crippen LogP contribution in [0.2, 0.25) is 0 Å². The summed E-state index contributed by atoms with van der Waals surface area (Å²) in [6.45, 7) is 2.01. The van der Waals surface area contributed by atoms with E-state index in [0.717, 1.165) is 24.2 Å². The van der Waals surface area contributed by atoms with Crippen LogP contribution in [-0.4, -0.2) is 53.2 Å². The van der Waals surface area contributed by atoms with Gasteiger partial charge in [-0.1, -0.05) is 0 Å². The molecule has 1 aliphatic heterocycles. The highest BCUT2D eigenvalue weighted by atomic mass is 32.2. The lowest BCUT2D eigenvalue weighted by Gasteiger charge is -2.33. The molecule has 1 aromatic carbocycles. The lowest BCUT2D eigenvalue weighted by atomic mass is 10.2. The second-order valence-corrected chi connectivity index (χ2v) is 8.97. The molecule has 0 unspecified atom stereocenters. The Morgan fingerprint density at radius 3 is 2.71 bits per heavy atom. The molecule has 0 saturated carbocycles. The van der Waals surface area contributed by atoms with E-state index in [1.807, 2.05) is 18.2 Å². The van der Waals surface area contributed by atoms with Crippen molar-refractivity contribution in [3.8, 4) is 11.6 Å². The van der Waals surface area contributed by atoms with Crippen LogP contribution in [0, 0.1) is 0 Å². The number of pyridine rings is 1. The second-order valence-electron chi connectivity index (χ2n) is 7.29. The topological polar surface area (TPSA) is 107 Å². The van der Waals surface area contributed by atoms with Gasteiger partial charge >= 0.3 is 0 Å². The van der Waals surface area contributed by atoms with E-state index in [4.69, 9.17) is 4.74 Å². The van der Waals surface area contributed by atoms with Crippen molar-refractivity contribution in [3.63, 3.8) is 0 Å². The highest BCUT2D eigenvalue weighted by Crippen LogP contribution is 2.34. The summed E-state index contributed by atoms with van der Waals surface area (Å²) in [5.41, 5.74) is 1.99. The van der Waals surface area contributed by atoms with E-state index in [2.05, 4.69) is 24.8 Å². The minimum Gasteiger partial charge on any atom is -0.494 e. The van der Waals surface area contributed by atoms with Gasteiger partial charge in [0, 0.05) is 43.5 Å². The van der Waals surface area contributed by atoms with Crippen molar-refractivity contribution in [1.82, 2.24) is 24.5 Å². The first-order valence-corrected chi connectivity index (χ1v) is 11.2. The summed E-state index contributed by atoms with van der Waals surface area (Å²) >= 11 is 0. The molecule has 4 heterocycles. The fraction of sp³-hybridized carbons (Fsp3) is 0.250. The molecule has 0 radical (unpaired) electrons. The smallest absolute Gasteiger partial charge is 0.265 e. The minimum absolute atomic E-state index is 0.0184. The number of sulfonamides is 1. The molecular weight excluding hydrogens is 418 g/mol. The van der Waals surface area contributed by atoms with Crippen molar-refractivity contribution in [2.75, 3.05) is 29.8 Å². The lowest BCUT2D eigenvalue weighted by molar-refractivity contribution is 0.417. The Balaban J connectivity index is 1.49. The predicted octanol–water partition coefficient (Wildman–Crippen LogP) is 2.17. The molecule has 1 aliphatic rings. The number of ether oxygens (including phenoxy) is 1. The summed E-state index contributed by atoms with van der Waals surface area (Å²) in [6, 6.07) is 7.37. The summed E-state index contributed by atoms with van der Waals surface area (Å²) in [5, 5.41) is 9.22. The Bertz CT molecular complexity index is 1370. The number of aryl methyl sites for hydroxylation is 1. The number of anilines is 2. The van der Waals surface area contributed by atoms with Gasteiger partial charge in [-0.2, -0.15) is 10.2 Å². The van der Waals surface area contributed by atoms with Crippen molar-refractivity contribution in [2.45, 2.75) is 11.3 Å². The molecule has 0 bridgehead atoms. The molecule has 0 aliphatic carbocycles. The van der Waals surface area contributed by atoms with Crippen LogP contribution in [-0.2, 0) is 17.1 Å². The van der Waals surface area contributed by atoms with Crippen molar-refractivity contribution in [1.29, 1.82) is 0 Å². The van der Waals surface area contributed by atoms with Gasteiger partial charge in [-0.15, -0.1) is 0 Å².